The maximum atomic E-state index is 13.6. The fourth-order valence-electron chi connectivity index (χ4n) is 2.36. The van der Waals surface area contributed by atoms with Crippen LogP contribution in [-0.4, -0.2) is 37.2 Å². The third kappa shape index (κ3) is 7.06. The van der Waals surface area contributed by atoms with Crippen molar-refractivity contribution in [2.45, 2.75) is 33.3 Å². The Morgan fingerprint density at radius 1 is 1.31 bits per heavy atom. The number of halogens is 2. The van der Waals surface area contributed by atoms with Crippen LogP contribution in [0.1, 0.15) is 22.5 Å². The Kier molecular flexibility index (Phi) is 9.85. The van der Waals surface area contributed by atoms with Gasteiger partial charge in [0, 0.05) is 24.9 Å². The van der Waals surface area contributed by atoms with Gasteiger partial charge in [-0.25, -0.2) is 9.37 Å². The molecule has 144 valence electrons. The number of guanidine groups is 1. The molecule has 5 nitrogen and oxygen atoms in total. The second-order valence-electron chi connectivity index (χ2n) is 5.73. The number of hydrogen-bond acceptors (Lipinski definition) is 4. The average molecular weight is 492 g/mol. The highest BCUT2D eigenvalue weighted by atomic mass is 127. The van der Waals surface area contributed by atoms with Crippen LogP contribution in [0.15, 0.2) is 29.3 Å². The predicted octanol–water partition coefficient (Wildman–Crippen LogP) is 3.69. The zero-order chi connectivity index (χ0) is 18.2. The number of aromatic nitrogens is 1. The van der Waals surface area contributed by atoms with E-state index in [2.05, 4.69) is 20.6 Å². The van der Waals surface area contributed by atoms with Crippen LogP contribution in [0, 0.1) is 19.7 Å². The predicted molar refractivity (Wildman–Crippen MR) is 117 cm³/mol. The molecule has 1 atom stereocenters. The van der Waals surface area contributed by atoms with Crippen molar-refractivity contribution in [1.29, 1.82) is 0 Å². The molecule has 0 radical (unpaired) electrons. The van der Waals surface area contributed by atoms with Crippen LogP contribution in [0.25, 0.3) is 0 Å². The van der Waals surface area contributed by atoms with Crippen LogP contribution in [0.2, 0.25) is 0 Å². The van der Waals surface area contributed by atoms with E-state index in [1.54, 1.807) is 36.6 Å². The lowest BCUT2D eigenvalue weighted by Crippen LogP contribution is -2.42. The van der Waals surface area contributed by atoms with Gasteiger partial charge in [-0.2, -0.15) is 0 Å². The largest absolute Gasteiger partial charge is 0.486 e. The molecule has 0 spiro atoms. The van der Waals surface area contributed by atoms with Crippen molar-refractivity contribution in [2.75, 3.05) is 20.1 Å². The smallest absolute Gasteiger partial charge is 0.191 e. The highest BCUT2D eigenvalue weighted by Crippen LogP contribution is 2.17. The van der Waals surface area contributed by atoms with Crippen molar-refractivity contribution in [3.05, 3.63) is 45.7 Å². The van der Waals surface area contributed by atoms with Crippen molar-refractivity contribution >= 4 is 41.3 Å². The number of ether oxygens (including phenoxy) is 1. The van der Waals surface area contributed by atoms with Gasteiger partial charge >= 0.3 is 0 Å². The zero-order valence-corrected chi connectivity index (χ0v) is 18.7. The molecular weight excluding hydrogens is 466 g/mol. The highest BCUT2D eigenvalue weighted by Gasteiger charge is 2.09. The molecule has 0 bridgehead atoms. The summed E-state index contributed by atoms with van der Waals surface area (Å²) in [4.78, 5) is 9.92. The Balaban J connectivity index is 0.00000338. The molecule has 0 saturated carbocycles. The van der Waals surface area contributed by atoms with Gasteiger partial charge in [-0.1, -0.05) is 12.1 Å². The first-order valence-corrected chi connectivity index (χ1v) is 9.10. The maximum absolute atomic E-state index is 13.6. The Labute approximate surface area is 175 Å². The lowest BCUT2D eigenvalue weighted by atomic mass is 10.3. The van der Waals surface area contributed by atoms with Crippen LogP contribution in [0.4, 0.5) is 4.39 Å². The molecule has 8 heteroatoms. The lowest BCUT2D eigenvalue weighted by molar-refractivity contribution is 0.214. The molecule has 26 heavy (non-hydrogen) atoms. The Morgan fingerprint density at radius 3 is 2.65 bits per heavy atom. The molecule has 1 aromatic carbocycles. The number of nitrogens with one attached hydrogen (secondary N) is 2. The van der Waals surface area contributed by atoms with Gasteiger partial charge < -0.3 is 15.4 Å². The molecule has 1 aromatic heterocycles. The van der Waals surface area contributed by atoms with Crippen molar-refractivity contribution in [2.24, 2.45) is 4.99 Å². The summed E-state index contributed by atoms with van der Waals surface area (Å²) in [6.45, 7) is 7.23. The number of hydrogen-bond donors (Lipinski definition) is 2. The van der Waals surface area contributed by atoms with Gasteiger partial charge in [0.05, 0.1) is 17.2 Å². The fourth-order valence-corrected chi connectivity index (χ4v) is 3.30. The van der Waals surface area contributed by atoms with E-state index >= 15 is 0 Å². The summed E-state index contributed by atoms with van der Waals surface area (Å²) in [5.41, 5.74) is 1.10. The molecule has 0 saturated heterocycles. The Bertz CT molecular complexity index is 723. The Hall–Kier alpha value is -1.42. The summed E-state index contributed by atoms with van der Waals surface area (Å²) in [5, 5.41) is 7.56. The zero-order valence-electron chi connectivity index (χ0n) is 15.5. The third-order valence-electron chi connectivity index (χ3n) is 3.59. The van der Waals surface area contributed by atoms with Gasteiger partial charge in [0.1, 0.15) is 6.10 Å². The van der Waals surface area contributed by atoms with Crippen molar-refractivity contribution < 1.29 is 9.13 Å². The quantitative estimate of drug-likeness (QED) is 0.352. The first-order chi connectivity index (χ1) is 12.0. The lowest BCUT2D eigenvalue weighted by Gasteiger charge is -2.18. The fraction of sp³-hybridized carbons (Fsp3) is 0.444. The van der Waals surface area contributed by atoms with E-state index in [-0.39, 0.29) is 41.6 Å². The number of rotatable bonds is 7. The second kappa shape index (κ2) is 11.3. The molecule has 0 fully saturated rings. The van der Waals surface area contributed by atoms with E-state index in [9.17, 15) is 4.39 Å². The second-order valence-corrected chi connectivity index (χ2v) is 7.02. The van der Waals surface area contributed by atoms with Gasteiger partial charge in [-0.15, -0.1) is 35.3 Å². The van der Waals surface area contributed by atoms with Crippen LogP contribution in [-0.2, 0) is 6.42 Å². The minimum absolute atomic E-state index is 0. The molecule has 2 N–H and O–H groups in total. The molecule has 0 amide bonds. The van der Waals surface area contributed by atoms with E-state index in [4.69, 9.17) is 4.74 Å². The van der Waals surface area contributed by atoms with E-state index < -0.39 is 0 Å². The van der Waals surface area contributed by atoms with Crippen molar-refractivity contribution in [1.82, 2.24) is 15.6 Å². The van der Waals surface area contributed by atoms with Crippen LogP contribution in [0.5, 0.6) is 5.75 Å². The first kappa shape index (κ1) is 22.6. The van der Waals surface area contributed by atoms with Gasteiger partial charge in [0.2, 0.25) is 0 Å². The molecule has 1 heterocycles. The van der Waals surface area contributed by atoms with E-state index in [1.807, 2.05) is 20.8 Å². The number of nitrogens with zero attached hydrogens (tertiary/aromatic N) is 2. The minimum atomic E-state index is -0.355. The normalized spacial score (nSPS) is 12.3. The Morgan fingerprint density at radius 2 is 2.04 bits per heavy atom. The standard InChI is InChI=1S/C18H25FN4OS.HI/c1-12(24-16-8-6-5-7-15(16)19)11-22-18(20-4)21-10-9-17-13(2)23-14(3)25-17;/h5-8,12H,9-11H2,1-4H3,(H2,20,21,22);1H. The van der Waals surface area contributed by atoms with Crippen molar-refractivity contribution in [3.63, 3.8) is 0 Å². The number of benzene rings is 1. The SMILES string of the molecule is CN=C(NCCc1sc(C)nc1C)NCC(C)Oc1ccccc1F.I. The molecule has 2 rings (SSSR count). The monoisotopic (exact) mass is 492 g/mol. The topological polar surface area (TPSA) is 58.5 Å². The van der Waals surface area contributed by atoms with Crippen LogP contribution >= 0.6 is 35.3 Å². The van der Waals surface area contributed by atoms with E-state index in [1.165, 1.54) is 10.9 Å². The number of aliphatic imine (C=N–C) groups is 1. The van der Waals surface area contributed by atoms with Crippen LogP contribution in [0.3, 0.4) is 0 Å². The third-order valence-corrected chi connectivity index (χ3v) is 4.72. The molecule has 1 unspecified atom stereocenters. The number of para-hydroxylation sites is 1. The van der Waals surface area contributed by atoms with Gasteiger partial charge in [0.25, 0.3) is 0 Å². The van der Waals surface area contributed by atoms with Crippen LogP contribution < -0.4 is 15.4 Å². The molecular formula is C18H26FIN4OS. The minimum Gasteiger partial charge on any atom is -0.486 e. The van der Waals surface area contributed by atoms with Crippen molar-refractivity contribution in [3.8, 4) is 5.75 Å². The van der Waals surface area contributed by atoms with E-state index in [0.717, 1.165) is 23.7 Å². The number of thiazole rings is 1. The molecule has 0 aliphatic carbocycles. The maximum Gasteiger partial charge on any atom is 0.191 e. The number of aryl methyl sites for hydroxylation is 2. The summed E-state index contributed by atoms with van der Waals surface area (Å²) >= 11 is 1.73. The summed E-state index contributed by atoms with van der Waals surface area (Å²) in [5.74, 6) is 0.603. The summed E-state index contributed by atoms with van der Waals surface area (Å²) < 4.78 is 19.2. The van der Waals surface area contributed by atoms with Gasteiger partial charge in [-0.05, 0) is 32.9 Å². The van der Waals surface area contributed by atoms with E-state index in [0.29, 0.717) is 12.5 Å². The average Bonchev–Trinajstić information content (AvgIpc) is 2.90. The summed E-state index contributed by atoms with van der Waals surface area (Å²) in [6.07, 6.45) is 0.709. The van der Waals surface area contributed by atoms with Gasteiger partial charge in [-0.3, -0.25) is 4.99 Å². The highest BCUT2D eigenvalue weighted by molar-refractivity contribution is 14.0. The first-order valence-electron chi connectivity index (χ1n) is 8.28. The summed E-state index contributed by atoms with van der Waals surface area (Å²) in [6, 6.07) is 6.41. The molecule has 2 aromatic rings. The molecule has 0 aliphatic heterocycles. The summed E-state index contributed by atoms with van der Waals surface area (Å²) in [7, 11) is 1.72. The molecule has 0 aliphatic rings. The van der Waals surface area contributed by atoms with Gasteiger partial charge in [0.15, 0.2) is 17.5 Å².